The molecule has 2 aliphatic heterocycles. The number of aromatic nitrogens is 1. The fourth-order valence-corrected chi connectivity index (χ4v) is 5.78. The van der Waals surface area contributed by atoms with Gasteiger partial charge in [-0.25, -0.2) is 22.0 Å². The third-order valence-electron chi connectivity index (χ3n) is 7.95. The van der Waals surface area contributed by atoms with Gasteiger partial charge in [0.25, 0.3) is 11.8 Å². The van der Waals surface area contributed by atoms with E-state index in [0.717, 1.165) is 12.1 Å². The van der Waals surface area contributed by atoms with Gasteiger partial charge in [-0.1, -0.05) is 30.3 Å². The van der Waals surface area contributed by atoms with Gasteiger partial charge >= 0.3 is 0 Å². The van der Waals surface area contributed by atoms with E-state index in [-0.39, 0.29) is 31.8 Å². The summed E-state index contributed by atoms with van der Waals surface area (Å²) in [5.41, 5.74) is -1.77. The Morgan fingerprint density at radius 3 is 2.27 bits per heavy atom. The van der Waals surface area contributed by atoms with Crippen molar-refractivity contribution in [2.24, 2.45) is 0 Å². The maximum absolute atomic E-state index is 14.3. The highest BCUT2D eigenvalue weighted by Gasteiger charge is 2.45. The van der Waals surface area contributed by atoms with E-state index >= 15 is 0 Å². The first-order valence-corrected chi connectivity index (χ1v) is 13.6. The van der Waals surface area contributed by atoms with Crippen molar-refractivity contribution in [3.05, 3.63) is 134 Å². The van der Waals surface area contributed by atoms with E-state index in [0.29, 0.717) is 28.8 Å². The van der Waals surface area contributed by atoms with Crippen molar-refractivity contribution in [3.63, 3.8) is 0 Å². The van der Waals surface area contributed by atoms with Crippen molar-refractivity contribution in [1.82, 2.24) is 14.8 Å². The molecular formula is C32H24F5N3O4. The minimum atomic E-state index is -1.23. The quantitative estimate of drug-likeness (QED) is 0.313. The molecule has 1 aromatic heterocycles. The number of hydrogen-bond acceptors (Lipinski definition) is 4. The van der Waals surface area contributed by atoms with E-state index in [1.807, 2.05) is 0 Å². The second-order valence-corrected chi connectivity index (χ2v) is 11.1. The van der Waals surface area contributed by atoms with Gasteiger partial charge in [-0.15, -0.1) is 0 Å². The summed E-state index contributed by atoms with van der Waals surface area (Å²) in [6.07, 6.45) is 1.27. The number of carbonyl (C=O) groups is 2. The molecule has 4 aromatic rings. The molecule has 3 aromatic carbocycles. The summed E-state index contributed by atoms with van der Waals surface area (Å²) in [6.45, 7) is 0.916. The molecule has 7 nitrogen and oxygen atoms in total. The van der Waals surface area contributed by atoms with E-state index in [1.54, 1.807) is 37.3 Å². The molecule has 0 radical (unpaired) electrons. The van der Waals surface area contributed by atoms with E-state index in [1.165, 1.54) is 15.7 Å². The SMILES string of the molecule is C[C@]12Cc3cc(F)c(F)cc3CN(C1)C(=O)c1c(OCc3ccccc3)c(=O)c(C(=O)NCc3c(F)cc(F)cc3F)cn12. The molecule has 0 saturated heterocycles. The first-order valence-electron chi connectivity index (χ1n) is 13.6. The first-order chi connectivity index (χ1) is 20.9. The lowest BCUT2D eigenvalue weighted by molar-refractivity contribution is 0.0557. The van der Waals surface area contributed by atoms with Gasteiger partial charge in [0.05, 0.1) is 5.54 Å². The van der Waals surface area contributed by atoms with E-state index < -0.39 is 75.3 Å². The minimum absolute atomic E-state index is 0.0513. The molecule has 1 N–H and O–H groups in total. The van der Waals surface area contributed by atoms with Crippen molar-refractivity contribution < 1.29 is 36.3 Å². The number of nitrogens with one attached hydrogen (secondary N) is 1. The number of rotatable bonds is 6. The van der Waals surface area contributed by atoms with E-state index in [9.17, 15) is 36.3 Å². The van der Waals surface area contributed by atoms with Gasteiger partial charge in [0.1, 0.15) is 29.6 Å². The summed E-state index contributed by atoms with van der Waals surface area (Å²) in [7, 11) is 0. The Morgan fingerprint density at radius 2 is 1.59 bits per heavy atom. The van der Waals surface area contributed by atoms with Gasteiger partial charge < -0.3 is 19.5 Å². The summed E-state index contributed by atoms with van der Waals surface area (Å²) < 4.78 is 77.6. The largest absolute Gasteiger partial charge is 0.483 e. The van der Waals surface area contributed by atoms with Crippen LogP contribution in [0.5, 0.6) is 5.75 Å². The van der Waals surface area contributed by atoms with Crippen LogP contribution in [0.25, 0.3) is 0 Å². The molecular weight excluding hydrogens is 585 g/mol. The van der Waals surface area contributed by atoms with Crippen molar-refractivity contribution >= 4 is 11.8 Å². The number of ether oxygens (including phenoxy) is 1. The highest BCUT2D eigenvalue weighted by atomic mass is 19.2. The van der Waals surface area contributed by atoms with Crippen LogP contribution in [-0.4, -0.2) is 27.8 Å². The Morgan fingerprint density at radius 1 is 0.932 bits per heavy atom. The second-order valence-electron chi connectivity index (χ2n) is 11.1. The third kappa shape index (κ3) is 5.10. The lowest BCUT2D eigenvalue weighted by atomic mass is 9.89. The molecule has 2 amide bonds. The van der Waals surface area contributed by atoms with Crippen LogP contribution < -0.4 is 15.5 Å². The molecule has 2 aliphatic rings. The van der Waals surface area contributed by atoms with Crippen LogP contribution in [-0.2, 0) is 31.7 Å². The number of nitrogens with zero attached hydrogens (tertiary/aromatic N) is 2. The summed E-state index contributed by atoms with van der Waals surface area (Å²) in [5.74, 6) is -7.79. The average Bonchev–Trinajstić information content (AvgIpc) is 3.10. The molecule has 44 heavy (non-hydrogen) atoms. The van der Waals surface area contributed by atoms with Crippen LogP contribution in [0.15, 0.2) is 65.6 Å². The van der Waals surface area contributed by atoms with Gasteiger partial charge in [0.15, 0.2) is 23.1 Å². The summed E-state index contributed by atoms with van der Waals surface area (Å²) in [4.78, 5) is 42.4. The maximum atomic E-state index is 14.3. The van der Waals surface area contributed by atoms with Crippen LogP contribution >= 0.6 is 0 Å². The fourth-order valence-electron chi connectivity index (χ4n) is 5.78. The molecule has 0 spiro atoms. The molecule has 2 bridgehead atoms. The van der Waals surface area contributed by atoms with Crippen LogP contribution in [0.1, 0.15) is 50.0 Å². The molecule has 0 saturated carbocycles. The summed E-state index contributed by atoms with van der Waals surface area (Å²) in [5, 5.41) is 2.29. The van der Waals surface area contributed by atoms with Crippen molar-refractivity contribution in [3.8, 4) is 5.75 Å². The highest BCUT2D eigenvalue weighted by Crippen LogP contribution is 2.38. The molecule has 12 heteroatoms. The lowest BCUT2D eigenvalue weighted by Gasteiger charge is -2.42. The predicted octanol–water partition coefficient (Wildman–Crippen LogP) is 4.98. The zero-order chi connectivity index (χ0) is 31.3. The average molecular weight is 610 g/mol. The van der Waals surface area contributed by atoms with Crippen LogP contribution in [0.3, 0.4) is 0 Å². The maximum Gasteiger partial charge on any atom is 0.274 e. The Hall–Kier alpha value is -5.00. The molecule has 1 atom stereocenters. The number of benzene rings is 3. The van der Waals surface area contributed by atoms with Gasteiger partial charge in [-0.3, -0.25) is 14.4 Å². The lowest BCUT2D eigenvalue weighted by Crippen LogP contribution is -2.53. The fraction of sp³-hybridized carbons (Fsp3) is 0.219. The minimum Gasteiger partial charge on any atom is -0.483 e. The predicted molar refractivity (Wildman–Crippen MR) is 147 cm³/mol. The van der Waals surface area contributed by atoms with E-state index in [4.69, 9.17) is 4.74 Å². The Bertz CT molecular complexity index is 1870. The third-order valence-corrected chi connectivity index (χ3v) is 7.95. The van der Waals surface area contributed by atoms with E-state index in [2.05, 4.69) is 5.32 Å². The number of pyridine rings is 1. The highest BCUT2D eigenvalue weighted by molar-refractivity contribution is 5.99. The van der Waals surface area contributed by atoms with Crippen molar-refractivity contribution in [2.45, 2.75) is 38.6 Å². The summed E-state index contributed by atoms with van der Waals surface area (Å²) in [6, 6.07) is 11.8. The smallest absolute Gasteiger partial charge is 0.274 e. The van der Waals surface area contributed by atoms with Gasteiger partial charge in [0, 0.05) is 43.5 Å². The topological polar surface area (TPSA) is 80.6 Å². The van der Waals surface area contributed by atoms with Gasteiger partial charge in [-0.2, -0.15) is 0 Å². The molecule has 6 rings (SSSR count). The van der Waals surface area contributed by atoms with Crippen LogP contribution in [0, 0.1) is 29.1 Å². The Labute approximate surface area is 247 Å². The molecule has 226 valence electrons. The molecule has 0 unspecified atom stereocenters. The molecule has 0 fully saturated rings. The zero-order valence-electron chi connectivity index (χ0n) is 23.2. The number of amides is 2. The Balaban J connectivity index is 1.46. The van der Waals surface area contributed by atoms with Gasteiger partial charge in [-0.05, 0) is 42.2 Å². The van der Waals surface area contributed by atoms with Gasteiger partial charge in [0.2, 0.25) is 5.43 Å². The number of halogens is 5. The number of carbonyl (C=O) groups excluding carboxylic acids is 2. The number of fused-ring (bicyclic) bond motifs is 5. The van der Waals surface area contributed by atoms with Crippen molar-refractivity contribution in [2.75, 3.05) is 6.54 Å². The van der Waals surface area contributed by atoms with Crippen molar-refractivity contribution in [1.29, 1.82) is 0 Å². The second kappa shape index (κ2) is 10.9. The zero-order valence-corrected chi connectivity index (χ0v) is 23.2. The first kappa shape index (κ1) is 29.1. The number of hydrogen-bond donors (Lipinski definition) is 1. The monoisotopic (exact) mass is 609 g/mol. The molecule has 3 heterocycles. The normalized spacial score (nSPS) is 17.0. The summed E-state index contributed by atoms with van der Waals surface area (Å²) >= 11 is 0. The Kier molecular flexibility index (Phi) is 7.22. The molecule has 0 aliphatic carbocycles. The van der Waals surface area contributed by atoms with Crippen LogP contribution in [0.2, 0.25) is 0 Å². The van der Waals surface area contributed by atoms with Crippen LogP contribution in [0.4, 0.5) is 22.0 Å². The standard InChI is InChI=1S/C32H24F5N3O4/c1-32-11-18-7-25(36)26(37)8-19(18)13-39(16-32)31(43)27-29(44-15-17-5-3-2-4-6-17)28(41)22(14-40(27)32)30(42)38-12-21-23(34)9-20(33)10-24(21)35/h2-10,14H,11-13,15-16H2,1H3,(H,38,42)/t32-/m0/s1.